The first-order valence-corrected chi connectivity index (χ1v) is 9.55. The van der Waals surface area contributed by atoms with Gasteiger partial charge in [-0.2, -0.15) is 0 Å². The number of piperazine rings is 1. The van der Waals surface area contributed by atoms with Gasteiger partial charge >= 0.3 is 6.03 Å². The average Bonchev–Trinajstić information content (AvgIpc) is 2.66. The second-order valence-corrected chi connectivity index (χ2v) is 7.20. The number of hydrogen-bond donors (Lipinski definition) is 2. The van der Waals surface area contributed by atoms with Crippen molar-refractivity contribution < 1.29 is 14.4 Å². The van der Waals surface area contributed by atoms with E-state index in [1.807, 2.05) is 9.80 Å². The van der Waals surface area contributed by atoms with Crippen LogP contribution in [0.5, 0.6) is 0 Å². The smallest absolute Gasteiger partial charge is 0.321 e. The Morgan fingerprint density at radius 1 is 1.04 bits per heavy atom. The predicted octanol–water partition coefficient (Wildman–Crippen LogP) is 1.34. The summed E-state index contributed by atoms with van der Waals surface area (Å²) in [5.74, 6) is 0.663. The fraction of sp³-hybridized carbons (Fsp3) is 0.833. The Balaban J connectivity index is 1.70. The van der Waals surface area contributed by atoms with E-state index in [4.69, 9.17) is 0 Å². The highest BCUT2D eigenvalue weighted by molar-refractivity contribution is 5.96. The second-order valence-electron chi connectivity index (χ2n) is 7.20. The molecule has 1 saturated carbocycles. The first-order valence-electron chi connectivity index (χ1n) is 9.55. The average molecular weight is 352 g/mol. The number of amides is 4. The summed E-state index contributed by atoms with van der Waals surface area (Å²) in [7, 11) is 1.48. The molecule has 1 heterocycles. The predicted molar refractivity (Wildman–Crippen MR) is 96.0 cm³/mol. The molecule has 1 atom stereocenters. The van der Waals surface area contributed by atoms with Crippen LogP contribution in [0.4, 0.5) is 4.79 Å². The lowest BCUT2D eigenvalue weighted by Gasteiger charge is -2.37. The molecule has 0 aromatic carbocycles. The molecule has 1 aliphatic heterocycles. The number of rotatable bonds is 5. The van der Waals surface area contributed by atoms with Crippen LogP contribution in [0.3, 0.4) is 0 Å². The van der Waals surface area contributed by atoms with Crippen molar-refractivity contribution >= 4 is 17.8 Å². The Bertz CT molecular complexity index is 469. The van der Waals surface area contributed by atoms with Crippen molar-refractivity contribution in [3.8, 4) is 0 Å². The molecular formula is C18H32N4O3. The zero-order valence-electron chi connectivity index (χ0n) is 15.6. The summed E-state index contributed by atoms with van der Waals surface area (Å²) in [4.78, 5) is 39.6. The van der Waals surface area contributed by atoms with Crippen molar-refractivity contribution in [3.05, 3.63) is 0 Å². The topological polar surface area (TPSA) is 81.8 Å². The van der Waals surface area contributed by atoms with E-state index in [9.17, 15) is 14.4 Å². The monoisotopic (exact) mass is 352 g/mol. The third-order valence-electron chi connectivity index (χ3n) is 5.55. The lowest BCUT2D eigenvalue weighted by Crippen LogP contribution is -2.56. The molecule has 2 aliphatic rings. The Morgan fingerprint density at radius 2 is 1.68 bits per heavy atom. The fourth-order valence-corrected chi connectivity index (χ4v) is 3.76. The van der Waals surface area contributed by atoms with Crippen molar-refractivity contribution in [2.45, 2.75) is 57.9 Å². The lowest BCUT2D eigenvalue weighted by molar-refractivity contribution is -0.134. The zero-order chi connectivity index (χ0) is 18.2. The summed E-state index contributed by atoms with van der Waals surface area (Å²) in [5.41, 5.74) is 0. The van der Waals surface area contributed by atoms with E-state index >= 15 is 0 Å². The first kappa shape index (κ1) is 19.7. The molecule has 4 amide bonds. The summed E-state index contributed by atoms with van der Waals surface area (Å²) >= 11 is 0. The number of nitrogens with zero attached hydrogens (tertiary/aromatic N) is 2. The maximum absolute atomic E-state index is 12.4. The lowest BCUT2D eigenvalue weighted by atomic mass is 9.86. The zero-order valence-corrected chi connectivity index (χ0v) is 15.6. The fourth-order valence-electron chi connectivity index (χ4n) is 3.76. The van der Waals surface area contributed by atoms with Gasteiger partial charge in [-0.15, -0.1) is 0 Å². The van der Waals surface area contributed by atoms with E-state index in [0.29, 0.717) is 32.6 Å². The van der Waals surface area contributed by atoms with E-state index in [0.717, 1.165) is 12.3 Å². The van der Waals surface area contributed by atoms with Crippen LogP contribution < -0.4 is 10.6 Å². The quantitative estimate of drug-likeness (QED) is 0.782. The summed E-state index contributed by atoms with van der Waals surface area (Å²) in [5, 5.41) is 4.68. The van der Waals surface area contributed by atoms with E-state index in [-0.39, 0.29) is 17.9 Å². The van der Waals surface area contributed by atoms with Crippen molar-refractivity contribution in [3.63, 3.8) is 0 Å². The largest absolute Gasteiger partial charge is 0.341 e. The Morgan fingerprint density at radius 3 is 2.28 bits per heavy atom. The maximum Gasteiger partial charge on any atom is 0.321 e. The van der Waals surface area contributed by atoms with Crippen molar-refractivity contribution in [2.75, 3.05) is 33.2 Å². The number of nitrogens with one attached hydrogen (secondary N) is 2. The van der Waals surface area contributed by atoms with Crippen LogP contribution in [0.15, 0.2) is 0 Å². The van der Waals surface area contributed by atoms with Gasteiger partial charge in [-0.1, -0.05) is 32.1 Å². The maximum atomic E-state index is 12.4. The minimum absolute atomic E-state index is 0.243. The molecule has 0 radical (unpaired) electrons. The van der Waals surface area contributed by atoms with Crippen LogP contribution in [-0.4, -0.2) is 66.9 Å². The van der Waals surface area contributed by atoms with Gasteiger partial charge in [0.2, 0.25) is 11.8 Å². The molecule has 25 heavy (non-hydrogen) atoms. The minimum atomic E-state index is -0.492. The van der Waals surface area contributed by atoms with Crippen molar-refractivity contribution in [1.29, 1.82) is 0 Å². The standard InChI is InChI=1S/C18H32N4O3/c1-14(17(24)20-18(25)19-2)21-10-12-22(13-11-21)16(23)9-8-15-6-4-3-5-7-15/h14-15H,3-13H2,1-2H3,(H2,19,20,24,25)/t14-/m0/s1. The SMILES string of the molecule is CNC(=O)NC(=O)[C@H](C)N1CCN(C(=O)CCC2CCCCC2)CC1. The molecule has 0 spiro atoms. The second kappa shape index (κ2) is 9.75. The molecule has 0 bridgehead atoms. The molecule has 2 rings (SSSR count). The van der Waals surface area contributed by atoms with Gasteiger partial charge in [-0.05, 0) is 19.3 Å². The summed E-state index contributed by atoms with van der Waals surface area (Å²) in [6.07, 6.45) is 8.19. The van der Waals surface area contributed by atoms with Gasteiger partial charge in [0.1, 0.15) is 0 Å². The van der Waals surface area contributed by atoms with Gasteiger partial charge in [-0.3, -0.25) is 19.8 Å². The minimum Gasteiger partial charge on any atom is -0.341 e. The molecule has 7 nitrogen and oxygen atoms in total. The van der Waals surface area contributed by atoms with Gasteiger partial charge < -0.3 is 10.2 Å². The van der Waals surface area contributed by atoms with Gasteiger partial charge in [0.15, 0.2) is 0 Å². The van der Waals surface area contributed by atoms with Crippen LogP contribution in [0.25, 0.3) is 0 Å². The van der Waals surface area contributed by atoms with E-state index in [1.54, 1.807) is 6.92 Å². The molecule has 142 valence electrons. The summed E-state index contributed by atoms with van der Waals surface area (Å²) < 4.78 is 0. The normalized spacial score (nSPS) is 20.8. The molecule has 0 aromatic heterocycles. The first-order chi connectivity index (χ1) is 12.0. The van der Waals surface area contributed by atoms with Crippen LogP contribution in [-0.2, 0) is 9.59 Å². The highest BCUT2D eigenvalue weighted by Crippen LogP contribution is 2.27. The van der Waals surface area contributed by atoms with Gasteiger partial charge in [0.05, 0.1) is 6.04 Å². The molecule has 1 saturated heterocycles. The number of urea groups is 1. The van der Waals surface area contributed by atoms with Crippen LogP contribution in [0.1, 0.15) is 51.9 Å². The highest BCUT2D eigenvalue weighted by atomic mass is 16.2. The molecular weight excluding hydrogens is 320 g/mol. The van der Waals surface area contributed by atoms with Crippen molar-refractivity contribution in [1.82, 2.24) is 20.4 Å². The number of hydrogen-bond acceptors (Lipinski definition) is 4. The van der Waals surface area contributed by atoms with Gasteiger partial charge in [-0.25, -0.2) is 4.79 Å². The van der Waals surface area contributed by atoms with E-state index in [1.165, 1.54) is 39.2 Å². The highest BCUT2D eigenvalue weighted by Gasteiger charge is 2.28. The van der Waals surface area contributed by atoms with Gasteiger partial charge in [0.25, 0.3) is 0 Å². The third kappa shape index (κ3) is 5.99. The van der Waals surface area contributed by atoms with Crippen LogP contribution in [0.2, 0.25) is 0 Å². The van der Waals surface area contributed by atoms with Crippen LogP contribution in [0, 0.1) is 5.92 Å². The Labute approximate surface area is 150 Å². The molecule has 0 aromatic rings. The third-order valence-corrected chi connectivity index (χ3v) is 5.55. The molecule has 7 heteroatoms. The molecule has 2 fully saturated rings. The van der Waals surface area contributed by atoms with Crippen molar-refractivity contribution in [2.24, 2.45) is 5.92 Å². The molecule has 1 aliphatic carbocycles. The summed E-state index contributed by atoms with van der Waals surface area (Å²) in [6, 6.07) is -0.870. The van der Waals surface area contributed by atoms with Gasteiger partial charge in [0, 0.05) is 39.6 Å². The molecule has 2 N–H and O–H groups in total. The van der Waals surface area contributed by atoms with E-state index in [2.05, 4.69) is 10.6 Å². The molecule has 0 unspecified atom stereocenters. The number of imide groups is 1. The number of carbonyl (C=O) groups is 3. The van der Waals surface area contributed by atoms with E-state index < -0.39 is 6.03 Å². The van der Waals surface area contributed by atoms with Crippen LogP contribution >= 0.6 is 0 Å². The number of carbonyl (C=O) groups excluding carboxylic acids is 3. The Kier molecular flexibility index (Phi) is 7.68. The Hall–Kier alpha value is -1.63. The summed E-state index contributed by atoms with van der Waals surface area (Å²) in [6.45, 7) is 4.43.